The molecule has 0 aromatic carbocycles. The van der Waals surface area contributed by atoms with Crippen molar-refractivity contribution in [2.24, 2.45) is 0 Å². The molecule has 0 heterocycles. The first-order valence-corrected chi connectivity index (χ1v) is 5.70. The summed E-state index contributed by atoms with van der Waals surface area (Å²) in [6, 6.07) is 0.865. The van der Waals surface area contributed by atoms with Crippen molar-refractivity contribution < 1.29 is 9.53 Å². The highest BCUT2D eigenvalue weighted by Crippen LogP contribution is 2.04. The normalized spacial score (nSPS) is 14.1. The molecule has 0 aromatic heterocycles. The first-order chi connectivity index (χ1) is 5.20. The molecule has 66 valence electrons. The third kappa shape index (κ3) is 6.28. The number of rotatable bonds is 6. The number of ether oxygens (including phenoxy) is 1. The third-order valence-electron chi connectivity index (χ3n) is 1.47. The Kier molecular flexibility index (Phi) is 6.50. The van der Waals surface area contributed by atoms with Crippen LogP contribution in [0.5, 0.6) is 0 Å². The molecule has 0 fully saturated rings. The van der Waals surface area contributed by atoms with Gasteiger partial charge in [0.25, 0.3) is 0 Å². The fourth-order valence-corrected chi connectivity index (χ4v) is 1.67. The van der Waals surface area contributed by atoms with Gasteiger partial charge >= 0.3 is 0 Å². The van der Waals surface area contributed by atoms with Crippen molar-refractivity contribution in [1.82, 2.24) is 0 Å². The molecule has 3 heteroatoms. The highest BCUT2D eigenvalue weighted by atomic mass is 28.2. The van der Waals surface area contributed by atoms with E-state index in [1.165, 1.54) is 0 Å². The van der Waals surface area contributed by atoms with Crippen molar-refractivity contribution in [1.29, 1.82) is 0 Å². The fourth-order valence-electron chi connectivity index (χ4n) is 0.809. The number of hydrogen-bond donors (Lipinski definition) is 1. The van der Waals surface area contributed by atoms with Crippen molar-refractivity contribution in [3.8, 4) is 0 Å². The van der Waals surface area contributed by atoms with Crippen LogP contribution in [0.15, 0.2) is 12.2 Å². The second-order valence-corrected chi connectivity index (χ2v) is 3.84. The lowest BCUT2D eigenvalue weighted by Crippen LogP contribution is -2.14. The molecule has 1 N–H and O–H groups in total. The Morgan fingerprint density at radius 2 is 2.36 bits per heavy atom. The maximum atomic E-state index is 8.77. The summed E-state index contributed by atoms with van der Waals surface area (Å²) in [6.07, 6.45) is 1.24. The molecule has 11 heavy (non-hydrogen) atoms. The van der Waals surface area contributed by atoms with E-state index in [-0.39, 0.29) is 6.10 Å². The van der Waals surface area contributed by atoms with E-state index in [2.05, 4.69) is 13.5 Å². The Morgan fingerprint density at radius 1 is 1.73 bits per heavy atom. The van der Waals surface area contributed by atoms with Gasteiger partial charge < -0.3 is 9.53 Å². The van der Waals surface area contributed by atoms with Crippen LogP contribution in [0, 0.1) is 0 Å². The molecule has 1 unspecified atom stereocenters. The molecule has 1 atom stereocenters. The summed E-state index contributed by atoms with van der Waals surface area (Å²) in [7, 11) is -0.844. The second kappa shape index (κ2) is 6.58. The minimum atomic E-state index is -0.844. The van der Waals surface area contributed by atoms with Crippen LogP contribution in [0.4, 0.5) is 0 Å². The van der Waals surface area contributed by atoms with Crippen molar-refractivity contribution in [2.45, 2.75) is 32.4 Å². The average Bonchev–Trinajstić information content (AvgIpc) is 1.97. The monoisotopic (exact) mass is 174 g/mol. The lowest BCUT2D eigenvalue weighted by molar-refractivity contribution is 0.0797. The minimum absolute atomic E-state index is 0.253. The molecule has 0 spiro atoms. The summed E-state index contributed by atoms with van der Waals surface area (Å²) in [4.78, 5) is 8.77. The van der Waals surface area contributed by atoms with Gasteiger partial charge in [0.1, 0.15) is 0 Å². The van der Waals surface area contributed by atoms with Gasteiger partial charge in [-0.1, -0.05) is 19.1 Å². The molecule has 0 radical (unpaired) electrons. The summed E-state index contributed by atoms with van der Waals surface area (Å²) in [6.45, 7) is 8.40. The molecule has 0 aliphatic carbocycles. The standard InChI is InChI=1S/C8H18O2Si/c1-4-8(6-11-9)10-5-7(2)3/h8-9H,2,4-6,11H2,1,3H3. The minimum Gasteiger partial charge on any atom is -0.438 e. The molecule has 0 aliphatic rings. The molecule has 0 aliphatic heterocycles. The van der Waals surface area contributed by atoms with Crippen molar-refractivity contribution >= 4 is 9.76 Å². The SMILES string of the molecule is C=C(C)COC(CC)C[SiH2]O. The Hall–Kier alpha value is -0.123. The molecule has 0 rings (SSSR count). The second-order valence-electron chi connectivity index (χ2n) is 2.81. The van der Waals surface area contributed by atoms with E-state index in [1.807, 2.05) is 6.92 Å². The van der Waals surface area contributed by atoms with Gasteiger partial charge in [0.2, 0.25) is 0 Å². The van der Waals surface area contributed by atoms with Gasteiger partial charge in [-0.2, -0.15) is 0 Å². The van der Waals surface area contributed by atoms with Crippen LogP contribution in [-0.4, -0.2) is 27.3 Å². The van der Waals surface area contributed by atoms with E-state index in [0.717, 1.165) is 18.0 Å². The largest absolute Gasteiger partial charge is 0.438 e. The predicted molar refractivity (Wildman–Crippen MR) is 50.4 cm³/mol. The van der Waals surface area contributed by atoms with Gasteiger partial charge in [0.05, 0.1) is 12.7 Å². The molecule has 0 aromatic rings. The highest BCUT2D eigenvalue weighted by molar-refractivity contribution is 6.25. The highest BCUT2D eigenvalue weighted by Gasteiger charge is 2.04. The van der Waals surface area contributed by atoms with E-state index < -0.39 is 9.76 Å². The van der Waals surface area contributed by atoms with Gasteiger partial charge in [-0.15, -0.1) is 0 Å². The molecule has 0 saturated carbocycles. The van der Waals surface area contributed by atoms with E-state index in [0.29, 0.717) is 6.61 Å². The van der Waals surface area contributed by atoms with Crippen LogP contribution in [-0.2, 0) is 4.74 Å². The van der Waals surface area contributed by atoms with Gasteiger partial charge in [0, 0.05) is 0 Å². The van der Waals surface area contributed by atoms with Crippen molar-refractivity contribution in [3.05, 3.63) is 12.2 Å². The fraction of sp³-hybridized carbons (Fsp3) is 0.750. The molecule has 0 bridgehead atoms. The Labute approximate surface area is 71.2 Å². The topological polar surface area (TPSA) is 29.5 Å². The summed E-state index contributed by atoms with van der Waals surface area (Å²) < 4.78 is 5.47. The Morgan fingerprint density at radius 3 is 2.73 bits per heavy atom. The van der Waals surface area contributed by atoms with Crippen LogP contribution >= 0.6 is 0 Å². The first-order valence-electron chi connectivity index (χ1n) is 4.07. The Bertz CT molecular complexity index is 115. The molecular weight excluding hydrogens is 156 g/mol. The number of hydrogen-bond acceptors (Lipinski definition) is 2. The lowest BCUT2D eigenvalue weighted by Gasteiger charge is -2.13. The predicted octanol–water partition coefficient (Wildman–Crippen LogP) is 0.852. The van der Waals surface area contributed by atoms with Crippen molar-refractivity contribution in [2.75, 3.05) is 6.61 Å². The summed E-state index contributed by atoms with van der Waals surface area (Å²) in [5, 5.41) is 0. The first kappa shape index (κ1) is 10.9. The zero-order valence-corrected chi connectivity index (χ0v) is 8.88. The Balaban J connectivity index is 3.43. The molecule has 0 saturated heterocycles. The van der Waals surface area contributed by atoms with E-state index >= 15 is 0 Å². The van der Waals surface area contributed by atoms with E-state index in [9.17, 15) is 0 Å². The smallest absolute Gasteiger partial charge is 0.159 e. The molecule has 2 nitrogen and oxygen atoms in total. The van der Waals surface area contributed by atoms with E-state index in [1.54, 1.807) is 0 Å². The maximum absolute atomic E-state index is 8.77. The zero-order chi connectivity index (χ0) is 8.69. The van der Waals surface area contributed by atoms with Crippen molar-refractivity contribution in [3.63, 3.8) is 0 Å². The van der Waals surface area contributed by atoms with E-state index in [4.69, 9.17) is 9.53 Å². The van der Waals surface area contributed by atoms with Gasteiger partial charge in [0.15, 0.2) is 9.76 Å². The van der Waals surface area contributed by atoms with Crippen LogP contribution in [0.3, 0.4) is 0 Å². The van der Waals surface area contributed by atoms with Crippen LogP contribution < -0.4 is 0 Å². The van der Waals surface area contributed by atoms with Gasteiger partial charge in [-0.25, -0.2) is 0 Å². The maximum Gasteiger partial charge on any atom is 0.159 e. The van der Waals surface area contributed by atoms with Crippen LogP contribution in [0.1, 0.15) is 20.3 Å². The average molecular weight is 174 g/mol. The van der Waals surface area contributed by atoms with Gasteiger partial charge in [-0.05, 0) is 19.4 Å². The summed E-state index contributed by atoms with van der Waals surface area (Å²) in [5.41, 5.74) is 1.04. The third-order valence-corrected chi connectivity index (χ3v) is 2.37. The van der Waals surface area contributed by atoms with Gasteiger partial charge in [-0.3, -0.25) is 0 Å². The molecular formula is C8H18O2Si. The lowest BCUT2D eigenvalue weighted by atomic mass is 10.3. The summed E-state index contributed by atoms with van der Waals surface area (Å²) >= 11 is 0. The molecule has 0 amide bonds. The zero-order valence-electron chi connectivity index (χ0n) is 7.47. The van der Waals surface area contributed by atoms with Crippen LogP contribution in [0.2, 0.25) is 6.04 Å². The van der Waals surface area contributed by atoms with Crippen LogP contribution in [0.25, 0.3) is 0 Å². The quantitative estimate of drug-likeness (QED) is 0.478. The summed E-state index contributed by atoms with van der Waals surface area (Å²) in [5.74, 6) is 0.